The molecule has 10 heteroatoms. The van der Waals surface area contributed by atoms with Crippen LogP contribution in [0.1, 0.15) is 18.4 Å². The highest BCUT2D eigenvalue weighted by molar-refractivity contribution is 5.90. The van der Waals surface area contributed by atoms with Gasteiger partial charge in [-0.1, -0.05) is 24.3 Å². The molecule has 1 aliphatic rings. The summed E-state index contributed by atoms with van der Waals surface area (Å²) in [4.78, 5) is 37.8. The maximum absolute atomic E-state index is 12.7. The number of piperidine rings is 1. The topological polar surface area (TPSA) is 122 Å². The Kier molecular flexibility index (Phi) is 7.16. The van der Waals surface area contributed by atoms with Gasteiger partial charge in [-0.15, -0.1) is 0 Å². The molecule has 1 aromatic heterocycles. The molecule has 2 aromatic carbocycles. The molecule has 1 saturated heterocycles. The zero-order valence-electron chi connectivity index (χ0n) is 18.6. The molecule has 0 atom stereocenters. The Morgan fingerprint density at radius 1 is 1.09 bits per heavy atom. The minimum Gasteiger partial charge on any atom is -0.366 e. The quantitative estimate of drug-likeness (QED) is 0.392. The van der Waals surface area contributed by atoms with Gasteiger partial charge >= 0.3 is 0 Å². The first-order valence-electron chi connectivity index (χ1n) is 11.1. The first kappa shape index (κ1) is 23.0. The predicted octanol–water partition coefficient (Wildman–Crippen LogP) is 2.96. The van der Waals surface area contributed by atoms with Crippen molar-refractivity contribution in [1.29, 1.82) is 0 Å². The second kappa shape index (κ2) is 10.6. The number of carbonyl (C=O) groups is 2. The standard InChI is InChI=1S/C24H26N6O4/c31-23(17-29-12-4-11-26-29)27-20-6-3-5-18(15-20)16-25-24(32)19-9-13-28(14-10-19)21-7-1-2-8-22(21)30(33)34/h1-8,11-12,15,19H,9-10,13-14,16-17H2,(H,25,32)(H,27,31). The number of nitro benzene ring substituents is 1. The normalized spacial score (nSPS) is 13.9. The molecular weight excluding hydrogens is 436 g/mol. The maximum Gasteiger partial charge on any atom is 0.292 e. The lowest BCUT2D eigenvalue weighted by molar-refractivity contribution is -0.384. The van der Waals surface area contributed by atoms with E-state index in [0.717, 1.165) is 5.56 Å². The van der Waals surface area contributed by atoms with Gasteiger partial charge in [-0.05, 0) is 42.7 Å². The molecule has 1 fully saturated rings. The van der Waals surface area contributed by atoms with Crippen molar-refractivity contribution >= 4 is 28.9 Å². The molecule has 3 aromatic rings. The van der Waals surface area contributed by atoms with Crippen molar-refractivity contribution in [2.45, 2.75) is 25.9 Å². The molecule has 4 rings (SSSR count). The lowest BCUT2D eigenvalue weighted by Crippen LogP contribution is -2.40. The monoisotopic (exact) mass is 462 g/mol. The Hall–Kier alpha value is -4.21. The number of anilines is 2. The zero-order chi connectivity index (χ0) is 23.9. The van der Waals surface area contributed by atoms with E-state index < -0.39 is 0 Å². The molecule has 0 saturated carbocycles. The first-order chi connectivity index (χ1) is 16.5. The summed E-state index contributed by atoms with van der Waals surface area (Å²) >= 11 is 0. The van der Waals surface area contributed by atoms with Crippen LogP contribution in [0.25, 0.3) is 0 Å². The smallest absolute Gasteiger partial charge is 0.292 e. The molecule has 2 N–H and O–H groups in total. The maximum atomic E-state index is 12.7. The van der Waals surface area contributed by atoms with E-state index >= 15 is 0 Å². The van der Waals surface area contributed by atoms with Gasteiger partial charge in [0.15, 0.2) is 0 Å². The van der Waals surface area contributed by atoms with Gasteiger partial charge in [-0.25, -0.2) is 0 Å². The second-order valence-electron chi connectivity index (χ2n) is 8.18. The van der Waals surface area contributed by atoms with E-state index in [0.29, 0.717) is 43.9 Å². The molecule has 0 radical (unpaired) electrons. The number of para-hydroxylation sites is 2. The SMILES string of the molecule is O=C(Cn1cccn1)Nc1cccc(CNC(=O)C2CCN(c3ccccc3[N+](=O)[O-])CC2)c1. The van der Waals surface area contributed by atoms with Gasteiger partial charge < -0.3 is 15.5 Å². The molecule has 1 aliphatic heterocycles. The number of benzene rings is 2. The Morgan fingerprint density at radius 3 is 2.62 bits per heavy atom. The number of nitro groups is 1. The van der Waals surface area contributed by atoms with E-state index in [9.17, 15) is 19.7 Å². The van der Waals surface area contributed by atoms with Gasteiger partial charge in [0.2, 0.25) is 11.8 Å². The third-order valence-corrected chi connectivity index (χ3v) is 5.83. The van der Waals surface area contributed by atoms with E-state index in [1.165, 1.54) is 6.07 Å². The average Bonchev–Trinajstić information content (AvgIpc) is 3.35. The highest BCUT2D eigenvalue weighted by atomic mass is 16.6. The Balaban J connectivity index is 1.26. The van der Waals surface area contributed by atoms with Gasteiger partial charge in [0, 0.05) is 49.7 Å². The van der Waals surface area contributed by atoms with Crippen LogP contribution in [0.4, 0.5) is 17.1 Å². The van der Waals surface area contributed by atoms with Crippen molar-refractivity contribution in [3.63, 3.8) is 0 Å². The molecule has 0 bridgehead atoms. The van der Waals surface area contributed by atoms with E-state index in [2.05, 4.69) is 15.7 Å². The fourth-order valence-corrected chi connectivity index (χ4v) is 4.10. The first-order valence-corrected chi connectivity index (χ1v) is 11.1. The van der Waals surface area contributed by atoms with E-state index in [-0.39, 0.29) is 34.9 Å². The molecule has 0 aliphatic carbocycles. The van der Waals surface area contributed by atoms with Crippen LogP contribution in [0.5, 0.6) is 0 Å². The van der Waals surface area contributed by atoms with Gasteiger partial charge in [0.1, 0.15) is 12.2 Å². The fraction of sp³-hybridized carbons (Fsp3) is 0.292. The third kappa shape index (κ3) is 5.77. The van der Waals surface area contributed by atoms with Crippen molar-refractivity contribution in [3.05, 3.63) is 82.7 Å². The molecule has 34 heavy (non-hydrogen) atoms. The molecule has 2 heterocycles. The van der Waals surface area contributed by atoms with Crippen LogP contribution in [0.3, 0.4) is 0 Å². The number of hydrogen-bond donors (Lipinski definition) is 2. The van der Waals surface area contributed by atoms with Crippen LogP contribution in [0.15, 0.2) is 67.0 Å². The second-order valence-corrected chi connectivity index (χ2v) is 8.18. The fourth-order valence-electron chi connectivity index (χ4n) is 4.10. The van der Waals surface area contributed by atoms with Gasteiger partial charge in [-0.3, -0.25) is 24.4 Å². The highest BCUT2D eigenvalue weighted by Gasteiger charge is 2.27. The minimum atomic E-state index is -0.373. The van der Waals surface area contributed by atoms with Crippen molar-refractivity contribution in [2.24, 2.45) is 5.92 Å². The van der Waals surface area contributed by atoms with Gasteiger partial charge in [-0.2, -0.15) is 5.10 Å². The Labute approximate surface area is 196 Å². The summed E-state index contributed by atoms with van der Waals surface area (Å²) in [7, 11) is 0. The van der Waals surface area contributed by atoms with E-state index in [1.807, 2.05) is 23.1 Å². The summed E-state index contributed by atoms with van der Waals surface area (Å²) in [6.07, 6.45) is 4.59. The zero-order valence-corrected chi connectivity index (χ0v) is 18.6. The number of hydrogen-bond acceptors (Lipinski definition) is 6. The van der Waals surface area contributed by atoms with Crippen LogP contribution in [-0.4, -0.2) is 39.6 Å². The lowest BCUT2D eigenvalue weighted by Gasteiger charge is -2.32. The number of amides is 2. The van der Waals surface area contributed by atoms with Crippen LogP contribution in [-0.2, 0) is 22.7 Å². The summed E-state index contributed by atoms with van der Waals surface area (Å²) in [5.41, 5.74) is 2.21. The van der Waals surface area contributed by atoms with E-state index in [1.54, 1.807) is 47.4 Å². The van der Waals surface area contributed by atoms with Crippen LogP contribution >= 0.6 is 0 Å². The molecule has 10 nitrogen and oxygen atoms in total. The minimum absolute atomic E-state index is 0.0321. The van der Waals surface area contributed by atoms with Crippen molar-refractivity contribution in [1.82, 2.24) is 15.1 Å². The van der Waals surface area contributed by atoms with Crippen LogP contribution in [0, 0.1) is 16.0 Å². The number of nitrogens with zero attached hydrogens (tertiary/aromatic N) is 4. The number of carbonyl (C=O) groups excluding carboxylic acids is 2. The summed E-state index contributed by atoms with van der Waals surface area (Å²) in [6, 6.07) is 15.8. The Bertz CT molecular complexity index is 1160. The molecule has 2 amide bonds. The lowest BCUT2D eigenvalue weighted by atomic mass is 9.95. The van der Waals surface area contributed by atoms with Crippen LogP contribution < -0.4 is 15.5 Å². The van der Waals surface area contributed by atoms with Gasteiger partial charge in [0.05, 0.1) is 4.92 Å². The molecular formula is C24H26N6O4. The third-order valence-electron chi connectivity index (χ3n) is 5.83. The summed E-state index contributed by atoms with van der Waals surface area (Å²) in [6.45, 7) is 1.65. The van der Waals surface area contributed by atoms with Gasteiger partial charge in [0.25, 0.3) is 5.69 Å². The van der Waals surface area contributed by atoms with E-state index in [4.69, 9.17) is 0 Å². The summed E-state index contributed by atoms with van der Waals surface area (Å²) < 4.78 is 1.54. The summed E-state index contributed by atoms with van der Waals surface area (Å²) in [5.74, 6) is -0.360. The number of rotatable bonds is 8. The van der Waals surface area contributed by atoms with Crippen molar-refractivity contribution in [2.75, 3.05) is 23.3 Å². The molecule has 0 spiro atoms. The van der Waals surface area contributed by atoms with Crippen molar-refractivity contribution < 1.29 is 14.5 Å². The number of nitrogens with one attached hydrogen (secondary N) is 2. The molecule has 176 valence electrons. The van der Waals surface area contributed by atoms with Crippen molar-refractivity contribution in [3.8, 4) is 0 Å². The predicted molar refractivity (Wildman–Crippen MR) is 127 cm³/mol. The molecule has 0 unspecified atom stereocenters. The average molecular weight is 463 g/mol. The highest BCUT2D eigenvalue weighted by Crippen LogP contribution is 2.31. The largest absolute Gasteiger partial charge is 0.366 e. The van der Waals surface area contributed by atoms with Crippen LogP contribution in [0.2, 0.25) is 0 Å². The number of aromatic nitrogens is 2. The Morgan fingerprint density at radius 2 is 1.88 bits per heavy atom. The summed E-state index contributed by atoms with van der Waals surface area (Å²) in [5, 5.41) is 21.1.